The number of thiazole rings is 1. The molecule has 0 spiro atoms. The molecule has 0 aliphatic heterocycles. The SMILES string of the molecule is COc1ccc(OC(C)C)c(NC(=O)c2csc(CCN)n2)c1. The Balaban J connectivity index is 2.20. The van der Waals surface area contributed by atoms with Crippen molar-refractivity contribution in [3.05, 3.63) is 34.3 Å². The van der Waals surface area contributed by atoms with Crippen molar-refractivity contribution in [3.8, 4) is 11.5 Å². The van der Waals surface area contributed by atoms with Gasteiger partial charge in [0.2, 0.25) is 0 Å². The van der Waals surface area contributed by atoms with Crippen LogP contribution in [0.2, 0.25) is 0 Å². The molecule has 1 amide bonds. The van der Waals surface area contributed by atoms with Gasteiger partial charge in [0, 0.05) is 17.9 Å². The van der Waals surface area contributed by atoms with Crippen molar-refractivity contribution < 1.29 is 14.3 Å². The van der Waals surface area contributed by atoms with Crippen molar-refractivity contribution in [2.24, 2.45) is 5.73 Å². The molecule has 0 bridgehead atoms. The van der Waals surface area contributed by atoms with E-state index in [-0.39, 0.29) is 12.0 Å². The summed E-state index contributed by atoms with van der Waals surface area (Å²) < 4.78 is 10.9. The minimum absolute atomic E-state index is 0.00511. The third-order valence-corrected chi connectivity index (χ3v) is 3.85. The summed E-state index contributed by atoms with van der Waals surface area (Å²) in [5.41, 5.74) is 6.43. The second-order valence-corrected chi connectivity index (χ2v) is 6.09. The molecule has 0 aliphatic carbocycles. The number of amides is 1. The summed E-state index contributed by atoms with van der Waals surface area (Å²) in [6.45, 7) is 4.36. The molecule has 1 aromatic heterocycles. The molecule has 0 radical (unpaired) electrons. The van der Waals surface area contributed by atoms with E-state index in [1.165, 1.54) is 11.3 Å². The first-order valence-electron chi connectivity index (χ1n) is 7.34. The highest BCUT2D eigenvalue weighted by Crippen LogP contribution is 2.30. The highest BCUT2D eigenvalue weighted by Gasteiger charge is 2.15. The van der Waals surface area contributed by atoms with E-state index < -0.39 is 0 Å². The van der Waals surface area contributed by atoms with E-state index >= 15 is 0 Å². The lowest BCUT2D eigenvalue weighted by molar-refractivity contribution is 0.102. The molecular weight excluding hydrogens is 314 g/mol. The molecule has 7 heteroatoms. The van der Waals surface area contributed by atoms with Crippen molar-refractivity contribution >= 4 is 22.9 Å². The molecule has 0 aliphatic rings. The van der Waals surface area contributed by atoms with Gasteiger partial charge in [0.1, 0.15) is 17.2 Å². The van der Waals surface area contributed by atoms with Crippen molar-refractivity contribution in [1.29, 1.82) is 0 Å². The Morgan fingerprint density at radius 2 is 2.22 bits per heavy atom. The van der Waals surface area contributed by atoms with Gasteiger partial charge in [-0.3, -0.25) is 4.79 Å². The molecule has 1 heterocycles. The number of aromatic nitrogens is 1. The number of ether oxygens (including phenoxy) is 2. The van der Waals surface area contributed by atoms with E-state index in [9.17, 15) is 4.79 Å². The molecule has 1 aromatic carbocycles. The van der Waals surface area contributed by atoms with Crippen LogP contribution in [0.5, 0.6) is 11.5 Å². The van der Waals surface area contributed by atoms with Gasteiger partial charge in [-0.05, 0) is 32.5 Å². The normalized spacial score (nSPS) is 10.7. The largest absolute Gasteiger partial charge is 0.497 e. The minimum atomic E-state index is -0.286. The fourth-order valence-electron chi connectivity index (χ4n) is 1.93. The van der Waals surface area contributed by atoms with Gasteiger partial charge in [0.05, 0.1) is 23.9 Å². The summed E-state index contributed by atoms with van der Waals surface area (Å²) in [4.78, 5) is 16.7. The Labute approximate surface area is 139 Å². The first kappa shape index (κ1) is 17.2. The number of rotatable bonds is 7. The van der Waals surface area contributed by atoms with Crippen LogP contribution in [0.4, 0.5) is 5.69 Å². The number of nitrogens with zero attached hydrogens (tertiary/aromatic N) is 1. The first-order chi connectivity index (χ1) is 11.0. The van der Waals surface area contributed by atoms with E-state index in [0.29, 0.717) is 35.8 Å². The second kappa shape index (κ2) is 7.94. The van der Waals surface area contributed by atoms with Crippen LogP contribution in [-0.4, -0.2) is 30.6 Å². The van der Waals surface area contributed by atoms with E-state index in [1.807, 2.05) is 13.8 Å². The topological polar surface area (TPSA) is 86.5 Å². The highest BCUT2D eigenvalue weighted by atomic mass is 32.1. The van der Waals surface area contributed by atoms with E-state index in [1.54, 1.807) is 30.7 Å². The van der Waals surface area contributed by atoms with Crippen molar-refractivity contribution in [2.75, 3.05) is 19.0 Å². The number of hydrogen-bond donors (Lipinski definition) is 2. The molecule has 0 fully saturated rings. The lowest BCUT2D eigenvalue weighted by Gasteiger charge is -2.15. The summed E-state index contributed by atoms with van der Waals surface area (Å²) in [7, 11) is 1.57. The summed E-state index contributed by atoms with van der Waals surface area (Å²) in [6.07, 6.45) is 0.660. The Kier molecular flexibility index (Phi) is 5.95. The average molecular weight is 335 g/mol. The zero-order valence-corrected chi connectivity index (χ0v) is 14.3. The predicted molar refractivity (Wildman–Crippen MR) is 91.6 cm³/mol. The summed E-state index contributed by atoms with van der Waals surface area (Å²) in [5, 5.41) is 5.41. The standard InChI is InChI=1S/C16H21N3O3S/c1-10(2)22-14-5-4-11(21-3)8-12(14)19-16(20)13-9-23-15(18-13)6-7-17/h4-5,8-10H,6-7,17H2,1-3H3,(H,19,20). The molecule has 124 valence electrons. The molecular formula is C16H21N3O3S. The average Bonchev–Trinajstić information content (AvgIpc) is 2.97. The quantitative estimate of drug-likeness (QED) is 0.812. The number of nitrogens with one attached hydrogen (secondary N) is 1. The Bertz CT molecular complexity index is 670. The first-order valence-corrected chi connectivity index (χ1v) is 8.22. The predicted octanol–water partition coefficient (Wildman–Crippen LogP) is 2.69. The number of hydrogen-bond acceptors (Lipinski definition) is 6. The Hall–Kier alpha value is -2.12. The van der Waals surface area contributed by atoms with Gasteiger partial charge >= 0.3 is 0 Å². The van der Waals surface area contributed by atoms with Crippen LogP contribution in [-0.2, 0) is 6.42 Å². The lowest BCUT2D eigenvalue weighted by atomic mass is 10.2. The van der Waals surface area contributed by atoms with Gasteiger partial charge in [0.15, 0.2) is 0 Å². The molecule has 6 nitrogen and oxygen atoms in total. The summed E-state index contributed by atoms with van der Waals surface area (Å²) in [6, 6.07) is 5.29. The summed E-state index contributed by atoms with van der Waals surface area (Å²) in [5.74, 6) is 0.941. The maximum Gasteiger partial charge on any atom is 0.275 e. The van der Waals surface area contributed by atoms with Crippen LogP contribution in [0.25, 0.3) is 0 Å². The van der Waals surface area contributed by atoms with Crippen LogP contribution in [0.1, 0.15) is 29.3 Å². The maximum absolute atomic E-state index is 12.4. The van der Waals surface area contributed by atoms with Crippen LogP contribution in [0.3, 0.4) is 0 Å². The number of benzene rings is 1. The maximum atomic E-state index is 12.4. The third-order valence-electron chi connectivity index (χ3n) is 2.94. The number of carbonyl (C=O) groups excluding carboxylic acids is 1. The minimum Gasteiger partial charge on any atom is -0.497 e. The lowest BCUT2D eigenvalue weighted by Crippen LogP contribution is -2.15. The Morgan fingerprint density at radius 3 is 2.87 bits per heavy atom. The monoisotopic (exact) mass is 335 g/mol. The van der Waals surface area contributed by atoms with Crippen molar-refractivity contribution in [1.82, 2.24) is 4.98 Å². The van der Waals surface area contributed by atoms with Gasteiger partial charge in [-0.2, -0.15) is 0 Å². The van der Waals surface area contributed by atoms with Gasteiger partial charge < -0.3 is 20.5 Å². The molecule has 0 unspecified atom stereocenters. The molecule has 3 N–H and O–H groups in total. The molecule has 2 aromatic rings. The van der Waals surface area contributed by atoms with Crippen LogP contribution in [0, 0.1) is 0 Å². The number of anilines is 1. The highest BCUT2D eigenvalue weighted by molar-refractivity contribution is 7.09. The number of nitrogens with two attached hydrogens (primary N) is 1. The van der Waals surface area contributed by atoms with Crippen LogP contribution in [0.15, 0.2) is 23.6 Å². The number of methoxy groups -OCH3 is 1. The zero-order valence-electron chi connectivity index (χ0n) is 13.5. The second-order valence-electron chi connectivity index (χ2n) is 5.15. The van der Waals surface area contributed by atoms with Crippen LogP contribution < -0.4 is 20.5 Å². The van der Waals surface area contributed by atoms with Crippen molar-refractivity contribution in [2.45, 2.75) is 26.4 Å². The molecule has 0 saturated heterocycles. The smallest absolute Gasteiger partial charge is 0.275 e. The molecule has 2 rings (SSSR count). The van der Waals surface area contributed by atoms with Gasteiger partial charge in [-0.15, -0.1) is 11.3 Å². The summed E-state index contributed by atoms with van der Waals surface area (Å²) >= 11 is 1.43. The van der Waals surface area contributed by atoms with E-state index in [4.69, 9.17) is 15.2 Å². The van der Waals surface area contributed by atoms with E-state index in [2.05, 4.69) is 10.3 Å². The van der Waals surface area contributed by atoms with Gasteiger partial charge in [-0.1, -0.05) is 0 Å². The fourth-order valence-corrected chi connectivity index (χ4v) is 2.72. The molecule has 23 heavy (non-hydrogen) atoms. The number of carbonyl (C=O) groups is 1. The zero-order chi connectivity index (χ0) is 16.8. The van der Waals surface area contributed by atoms with Gasteiger partial charge in [0.25, 0.3) is 5.91 Å². The Morgan fingerprint density at radius 1 is 1.43 bits per heavy atom. The van der Waals surface area contributed by atoms with Crippen LogP contribution >= 0.6 is 11.3 Å². The van der Waals surface area contributed by atoms with Gasteiger partial charge in [-0.25, -0.2) is 4.98 Å². The van der Waals surface area contributed by atoms with E-state index in [0.717, 1.165) is 5.01 Å². The van der Waals surface area contributed by atoms with Crippen molar-refractivity contribution in [3.63, 3.8) is 0 Å². The molecule has 0 atom stereocenters. The fraction of sp³-hybridized carbons (Fsp3) is 0.375. The third kappa shape index (κ3) is 4.67. The molecule has 0 saturated carbocycles.